The molecule has 29 heavy (non-hydrogen) atoms. The van der Waals surface area contributed by atoms with Gasteiger partial charge in [-0.2, -0.15) is 0 Å². The first-order chi connectivity index (χ1) is 14.0. The highest BCUT2D eigenvalue weighted by Crippen LogP contribution is 2.27. The number of hydrogen-bond acceptors (Lipinski definition) is 5. The first kappa shape index (κ1) is 21.8. The highest BCUT2D eigenvalue weighted by molar-refractivity contribution is 5.89. The molecular weight excluding hydrogens is 368 g/mol. The van der Waals surface area contributed by atoms with Crippen molar-refractivity contribution in [3.05, 3.63) is 35.4 Å². The molecule has 1 saturated heterocycles. The Balaban J connectivity index is 1.63. The molecule has 1 heterocycles. The van der Waals surface area contributed by atoms with Gasteiger partial charge < -0.3 is 20.1 Å². The minimum Gasteiger partial charge on any atom is -0.465 e. The van der Waals surface area contributed by atoms with Crippen LogP contribution >= 0.6 is 0 Å². The molecule has 1 amide bonds. The Morgan fingerprint density at radius 3 is 2.41 bits per heavy atom. The highest BCUT2D eigenvalue weighted by Gasteiger charge is 2.40. The van der Waals surface area contributed by atoms with Crippen LogP contribution in [0.4, 0.5) is 0 Å². The van der Waals surface area contributed by atoms with E-state index in [0.717, 1.165) is 12.1 Å². The van der Waals surface area contributed by atoms with E-state index < -0.39 is 5.54 Å². The van der Waals surface area contributed by atoms with E-state index >= 15 is 0 Å². The van der Waals surface area contributed by atoms with Crippen LogP contribution in [0.2, 0.25) is 0 Å². The van der Waals surface area contributed by atoms with Gasteiger partial charge in [-0.25, -0.2) is 4.79 Å². The van der Waals surface area contributed by atoms with Gasteiger partial charge in [0.15, 0.2) is 0 Å². The SMILES string of the molecule is COC(=O)c1ccc([C@H](C)NC(=O)C2(NCC3CCCCC3)CCOCC2)cc1. The highest BCUT2D eigenvalue weighted by atomic mass is 16.5. The van der Waals surface area contributed by atoms with Crippen molar-refractivity contribution in [2.45, 2.75) is 63.5 Å². The van der Waals surface area contributed by atoms with Gasteiger partial charge in [-0.3, -0.25) is 4.79 Å². The summed E-state index contributed by atoms with van der Waals surface area (Å²) in [6, 6.07) is 7.04. The first-order valence-electron chi connectivity index (χ1n) is 10.9. The Kier molecular flexibility index (Phi) is 7.67. The van der Waals surface area contributed by atoms with Crippen molar-refractivity contribution in [3.8, 4) is 0 Å². The Morgan fingerprint density at radius 2 is 1.79 bits per heavy atom. The zero-order valence-electron chi connectivity index (χ0n) is 17.7. The quantitative estimate of drug-likeness (QED) is 0.684. The van der Waals surface area contributed by atoms with Gasteiger partial charge in [-0.1, -0.05) is 31.4 Å². The van der Waals surface area contributed by atoms with Crippen molar-refractivity contribution in [2.75, 3.05) is 26.9 Å². The number of nitrogens with one attached hydrogen (secondary N) is 2. The van der Waals surface area contributed by atoms with E-state index in [1.165, 1.54) is 39.2 Å². The molecule has 0 spiro atoms. The van der Waals surface area contributed by atoms with Crippen LogP contribution in [-0.4, -0.2) is 44.3 Å². The summed E-state index contributed by atoms with van der Waals surface area (Å²) in [5.41, 5.74) is 0.904. The monoisotopic (exact) mass is 402 g/mol. The fraction of sp³-hybridized carbons (Fsp3) is 0.652. The van der Waals surface area contributed by atoms with Crippen molar-refractivity contribution in [1.29, 1.82) is 0 Å². The molecule has 1 atom stereocenters. The van der Waals surface area contributed by atoms with Crippen molar-refractivity contribution >= 4 is 11.9 Å². The van der Waals surface area contributed by atoms with E-state index in [1.807, 2.05) is 19.1 Å². The molecule has 6 heteroatoms. The zero-order valence-corrected chi connectivity index (χ0v) is 17.7. The minimum absolute atomic E-state index is 0.0427. The zero-order chi connectivity index (χ0) is 20.7. The van der Waals surface area contributed by atoms with Gasteiger partial charge in [0.2, 0.25) is 5.91 Å². The molecule has 1 saturated carbocycles. The third-order valence-corrected chi connectivity index (χ3v) is 6.41. The number of methoxy groups -OCH3 is 1. The predicted octanol–water partition coefficient (Wildman–Crippen LogP) is 3.37. The molecule has 0 unspecified atom stereocenters. The number of carbonyl (C=O) groups is 2. The molecule has 1 aromatic carbocycles. The number of hydrogen-bond donors (Lipinski definition) is 2. The number of rotatable bonds is 7. The second-order valence-corrected chi connectivity index (χ2v) is 8.39. The van der Waals surface area contributed by atoms with Gasteiger partial charge in [0.25, 0.3) is 0 Å². The van der Waals surface area contributed by atoms with Gasteiger partial charge in [-0.05, 0) is 62.8 Å². The third-order valence-electron chi connectivity index (χ3n) is 6.41. The van der Waals surface area contributed by atoms with Gasteiger partial charge in [0.05, 0.1) is 18.7 Å². The fourth-order valence-corrected chi connectivity index (χ4v) is 4.38. The van der Waals surface area contributed by atoms with E-state index in [-0.39, 0.29) is 17.9 Å². The molecular formula is C23H34N2O4. The van der Waals surface area contributed by atoms with Crippen LogP contribution in [0.15, 0.2) is 24.3 Å². The molecule has 3 rings (SSSR count). The molecule has 160 valence electrons. The fourth-order valence-electron chi connectivity index (χ4n) is 4.38. The number of amides is 1. The van der Waals surface area contributed by atoms with E-state index in [1.54, 1.807) is 12.1 Å². The topological polar surface area (TPSA) is 76.7 Å². The summed E-state index contributed by atoms with van der Waals surface area (Å²) in [5, 5.41) is 6.82. The van der Waals surface area contributed by atoms with Gasteiger partial charge in [0.1, 0.15) is 5.54 Å². The second kappa shape index (κ2) is 10.2. The van der Waals surface area contributed by atoms with E-state index in [0.29, 0.717) is 37.5 Å². The summed E-state index contributed by atoms with van der Waals surface area (Å²) in [6.07, 6.45) is 7.83. The lowest BCUT2D eigenvalue weighted by Gasteiger charge is -2.39. The third kappa shape index (κ3) is 5.58. The predicted molar refractivity (Wildman–Crippen MR) is 112 cm³/mol. The number of ether oxygens (including phenoxy) is 2. The van der Waals surface area contributed by atoms with Crippen LogP contribution in [-0.2, 0) is 14.3 Å². The van der Waals surface area contributed by atoms with Crippen LogP contribution in [0.3, 0.4) is 0 Å². The lowest BCUT2D eigenvalue weighted by molar-refractivity contribution is -0.132. The Hall–Kier alpha value is -1.92. The summed E-state index contributed by atoms with van der Waals surface area (Å²) in [6.45, 7) is 4.08. The Morgan fingerprint density at radius 1 is 1.14 bits per heavy atom. The average Bonchev–Trinajstić information content (AvgIpc) is 2.78. The van der Waals surface area contributed by atoms with E-state index in [4.69, 9.17) is 9.47 Å². The smallest absolute Gasteiger partial charge is 0.337 e. The summed E-state index contributed by atoms with van der Waals surface area (Å²) >= 11 is 0. The van der Waals surface area contributed by atoms with E-state index in [2.05, 4.69) is 10.6 Å². The average molecular weight is 403 g/mol. The van der Waals surface area contributed by atoms with Crippen LogP contribution < -0.4 is 10.6 Å². The number of esters is 1. The summed E-state index contributed by atoms with van der Waals surface area (Å²) in [4.78, 5) is 24.9. The molecule has 2 aliphatic rings. The van der Waals surface area contributed by atoms with E-state index in [9.17, 15) is 9.59 Å². The largest absolute Gasteiger partial charge is 0.465 e. The normalized spacial score (nSPS) is 20.6. The molecule has 1 aliphatic carbocycles. The van der Waals surface area contributed by atoms with Crippen LogP contribution in [0, 0.1) is 5.92 Å². The molecule has 0 bridgehead atoms. The van der Waals surface area contributed by atoms with Crippen molar-refractivity contribution in [3.63, 3.8) is 0 Å². The summed E-state index contributed by atoms with van der Waals surface area (Å²) < 4.78 is 10.3. The Labute approximate surface area is 173 Å². The maximum absolute atomic E-state index is 13.3. The van der Waals surface area contributed by atoms with Crippen molar-refractivity contribution in [2.24, 2.45) is 5.92 Å². The van der Waals surface area contributed by atoms with Gasteiger partial charge >= 0.3 is 5.97 Å². The van der Waals surface area contributed by atoms with Crippen LogP contribution in [0.5, 0.6) is 0 Å². The second-order valence-electron chi connectivity index (χ2n) is 8.39. The molecule has 6 nitrogen and oxygen atoms in total. The standard InChI is InChI=1S/C23H34N2O4/c1-17(19-8-10-20(11-9-19)21(26)28-2)25-22(27)23(12-14-29-15-13-23)24-16-18-6-4-3-5-7-18/h8-11,17-18,24H,3-7,12-16H2,1-2H3,(H,25,27)/t17-/m0/s1. The maximum atomic E-state index is 13.3. The number of carbonyl (C=O) groups excluding carboxylic acids is 2. The Bertz CT molecular complexity index is 677. The van der Waals surface area contributed by atoms with Crippen LogP contribution in [0.1, 0.15) is 73.8 Å². The van der Waals surface area contributed by atoms with Gasteiger partial charge in [-0.15, -0.1) is 0 Å². The first-order valence-corrected chi connectivity index (χ1v) is 10.9. The minimum atomic E-state index is -0.560. The lowest BCUT2D eigenvalue weighted by Crippen LogP contribution is -2.60. The van der Waals surface area contributed by atoms with Crippen LogP contribution in [0.25, 0.3) is 0 Å². The lowest BCUT2D eigenvalue weighted by atomic mass is 9.85. The molecule has 2 N–H and O–H groups in total. The molecule has 0 aromatic heterocycles. The molecule has 1 aromatic rings. The maximum Gasteiger partial charge on any atom is 0.337 e. The summed E-state index contributed by atoms with van der Waals surface area (Å²) in [7, 11) is 1.37. The molecule has 1 aliphatic heterocycles. The summed E-state index contributed by atoms with van der Waals surface area (Å²) in [5.74, 6) is 0.349. The molecule has 0 radical (unpaired) electrons. The van der Waals surface area contributed by atoms with Gasteiger partial charge in [0, 0.05) is 13.2 Å². The van der Waals surface area contributed by atoms with Crippen molar-refractivity contribution < 1.29 is 19.1 Å². The van der Waals surface area contributed by atoms with Crippen molar-refractivity contribution in [1.82, 2.24) is 10.6 Å². The molecule has 2 fully saturated rings. The number of benzene rings is 1.